The molecule has 1 aromatic carbocycles. The molecule has 2 N–H and O–H groups in total. The molecular weight excluding hydrogens is 527 g/mol. The minimum Gasteiger partial charge on any atom is -0.496 e. The first-order chi connectivity index (χ1) is 19.4. The minimum absolute atomic E-state index is 0.0315. The van der Waals surface area contributed by atoms with E-state index in [-0.39, 0.29) is 52.9 Å². The lowest BCUT2D eigenvalue weighted by Crippen LogP contribution is -2.62. The van der Waals surface area contributed by atoms with Crippen LogP contribution in [0.25, 0.3) is 0 Å². The lowest BCUT2D eigenvalue weighted by Gasteiger charge is -2.64. The fourth-order valence-electron chi connectivity index (χ4n) is 10.7. The average molecular weight is 576 g/mol. The fourth-order valence-corrected chi connectivity index (χ4v) is 10.7. The monoisotopic (exact) mass is 575 g/mol. The molecule has 11 atom stereocenters. The number of alkyl halides is 2. The standard InChI is InChI=1S/C34H48F3NO3/c1-20(7-5-9-28(40)30-26(35)8-6-10-29(30)41-4)22-11-12-23-31-24(13-16-32(22,23)2)33(3)17-14-27(39)21(15-18-38)25(33)19-34(31,36)37/h6,8,10,20-25,27-28,31,39-40H,5,7,9,11-17,19H2,1-4H3/t20-,21?,22-,23+,24+,25+,27+,28?,31+,32-,33-/m1/s1. The van der Waals surface area contributed by atoms with Gasteiger partial charge in [-0.2, -0.15) is 5.26 Å². The smallest absolute Gasteiger partial charge is 0.251 e. The van der Waals surface area contributed by atoms with Crippen LogP contribution >= 0.6 is 0 Å². The molecule has 4 fully saturated rings. The molecule has 4 aliphatic rings. The van der Waals surface area contributed by atoms with Crippen molar-refractivity contribution in [2.45, 2.75) is 110 Å². The topological polar surface area (TPSA) is 73.5 Å². The van der Waals surface area contributed by atoms with E-state index in [1.165, 1.54) is 13.2 Å². The van der Waals surface area contributed by atoms with Crippen molar-refractivity contribution in [1.29, 1.82) is 5.26 Å². The van der Waals surface area contributed by atoms with Crippen LogP contribution in [0.1, 0.15) is 103 Å². The van der Waals surface area contributed by atoms with Crippen LogP contribution < -0.4 is 4.74 Å². The van der Waals surface area contributed by atoms with E-state index in [0.717, 1.165) is 44.9 Å². The van der Waals surface area contributed by atoms with Gasteiger partial charge in [0.15, 0.2) is 0 Å². The molecule has 0 spiro atoms. The van der Waals surface area contributed by atoms with Crippen LogP contribution in [0, 0.1) is 69.4 Å². The number of aliphatic hydroxyl groups excluding tert-OH is 2. The zero-order valence-corrected chi connectivity index (χ0v) is 25.1. The van der Waals surface area contributed by atoms with Crippen molar-refractivity contribution in [1.82, 2.24) is 0 Å². The highest BCUT2D eigenvalue weighted by Gasteiger charge is 2.69. The third-order valence-electron chi connectivity index (χ3n) is 12.7. The van der Waals surface area contributed by atoms with Crippen LogP contribution in [0.5, 0.6) is 5.75 Å². The van der Waals surface area contributed by atoms with Gasteiger partial charge < -0.3 is 14.9 Å². The number of nitrogens with zero attached hydrogens (tertiary/aromatic N) is 1. The van der Waals surface area contributed by atoms with Gasteiger partial charge in [0.25, 0.3) is 5.92 Å². The maximum absolute atomic E-state index is 16.3. The molecule has 7 heteroatoms. The number of hydrogen-bond acceptors (Lipinski definition) is 4. The van der Waals surface area contributed by atoms with Crippen LogP contribution in [-0.2, 0) is 0 Å². The Morgan fingerprint density at radius 1 is 1.05 bits per heavy atom. The first-order valence-electron chi connectivity index (χ1n) is 15.8. The number of benzene rings is 1. The molecular formula is C34H48F3NO3. The van der Waals surface area contributed by atoms with Crippen LogP contribution in [-0.4, -0.2) is 29.3 Å². The number of fused-ring (bicyclic) bond motifs is 5. The van der Waals surface area contributed by atoms with Crippen molar-refractivity contribution in [3.8, 4) is 11.8 Å². The molecule has 0 bridgehead atoms. The predicted octanol–water partition coefficient (Wildman–Crippen LogP) is 8.08. The highest BCUT2D eigenvalue weighted by molar-refractivity contribution is 5.36. The summed E-state index contributed by atoms with van der Waals surface area (Å²) >= 11 is 0. The molecule has 41 heavy (non-hydrogen) atoms. The molecule has 0 radical (unpaired) electrons. The van der Waals surface area contributed by atoms with Crippen LogP contribution in [0.3, 0.4) is 0 Å². The molecule has 0 saturated heterocycles. The maximum atomic E-state index is 16.3. The minimum atomic E-state index is -2.80. The highest BCUT2D eigenvalue weighted by atomic mass is 19.3. The summed E-state index contributed by atoms with van der Waals surface area (Å²) in [6.45, 7) is 6.68. The maximum Gasteiger partial charge on any atom is 0.251 e. The molecule has 5 rings (SSSR count). The van der Waals surface area contributed by atoms with Crippen LogP contribution in [0.2, 0.25) is 0 Å². The Hall–Kier alpha value is -1.78. The van der Waals surface area contributed by atoms with Crippen molar-refractivity contribution in [3.05, 3.63) is 29.6 Å². The van der Waals surface area contributed by atoms with E-state index in [4.69, 9.17) is 4.74 Å². The number of halogens is 3. The Balaban J connectivity index is 1.29. The van der Waals surface area contributed by atoms with E-state index >= 15 is 8.78 Å². The zero-order chi connectivity index (χ0) is 29.7. The lowest BCUT2D eigenvalue weighted by atomic mass is 9.42. The van der Waals surface area contributed by atoms with Crippen molar-refractivity contribution in [2.75, 3.05) is 7.11 Å². The first kappa shape index (κ1) is 30.7. The van der Waals surface area contributed by atoms with Crippen molar-refractivity contribution < 1.29 is 28.1 Å². The summed E-state index contributed by atoms with van der Waals surface area (Å²) in [5.41, 5.74) is -0.213. The van der Waals surface area contributed by atoms with Gasteiger partial charge in [0.2, 0.25) is 0 Å². The Morgan fingerprint density at radius 3 is 2.46 bits per heavy atom. The number of rotatable bonds is 8. The lowest BCUT2D eigenvalue weighted by molar-refractivity contribution is -0.249. The van der Waals surface area contributed by atoms with Gasteiger partial charge in [-0.05, 0) is 97.5 Å². The van der Waals surface area contributed by atoms with Gasteiger partial charge in [-0.1, -0.05) is 39.7 Å². The van der Waals surface area contributed by atoms with Gasteiger partial charge in [-0.15, -0.1) is 0 Å². The molecule has 4 aliphatic carbocycles. The van der Waals surface area contributed by atoms with Crippen molar-refractivity contribution >= 4 is 0 Å². The van der Waals surface area contributed by atoms with Crippen LogP contribution in [0.15, 0.2) is 18.2 Å². The Morgan fingerprint density at radius 2 is 1.76 bits per heavy atom. The van der Waals surface area contributed by atoms with Crippen molar-refractivity contribution in [2.24, 2.45) is 52.3 Å². The largest absolute Gasteiger partial charge is 0.496 e. The fraction of sp³-hybridized carbons (Fsp3) is 0.794. The Bertz CT molecular complexity index is 1140. The summed E-state index contributed by atoms with van der Waals surface area (Å²) in [7, 11) is 1.47. The van der Waals surface area contributed by atoms with E-state index in [0.29, 0.717) is 30.4 Å². The molecule has 4 nitrogen and oxygen atoms in total. The summed E-state index contributed by atoms with van der Waals surface area (Å²) < 4.78 is 52.2. The molecule has 4 saturated carbocycles. The normalized spacial score (nSPS) is 40.9. The SMILES string of the molecule is COc1cccc(F)c1C(O)CCC[C@@H](C)[C@H]1CC[C@H]2[C@H]3[C@H](CC[C@]12C)[C@@]1(C)CC[C@H](O)C(CC#N)[C@@H]1CC3(F)F. The summed E-state index contributed by atoms with van der Waals surface area (Å²) in [5.74, 6) is -3.69. The van der Waals surface area contributed by atoms with E-state index in [1.54, 1.807) is 12.1 Å². The summed E-state index contributed by atoms with van der Waals surface area (Å²) in [4.78, 5) is 0. The van der Waals surface area contributed by atoms with E-state index in [1.807, 2.05) is 0 Å². The molecule has 1 aromatic rings. The molecule has 0 heterocycles. The molecule has 0 aromatic heterocycles. The van der Waals surface area contributed by atoms with Crippen LogP contribution in [0.4, 0.5) is 13.2 Å². The molecule has 228 valence electrons. The van der Waals surface area contributed by atoms with Crippen molar-refractivity contribution in [3.63, 3.8) is 0 Å². The highest BCUT2D eigenvalue weighted by Crippen LogP contribution is 2.71. The number of hydrogen-bond donors (Lipinski definition) is 2. The summed E-state index contributed by atoms with van der Waals surface area (Å²) in [6, 6.07) is 6.73. The number of aliphatic hydroxyl groups is 2. The van der Waals surface area contributed by atoms with Gasteiger partial charge >= 0.3 is 0 Å². The second-order valence-electron chi connectivity index (χ2n) is 14.5. The van der Waals surface area contributed by atoms with Gasteiger partial charge in [-0.25, -0.2) is 13.2 Å². The van der Waals surface area contributed by atoms with E-state index in [9.17, 15) is 19.9 Å². The first-order valence-corrected chi connectivity index (χ1v) is 15.8. The number of nitriles is 1. The average Bonchev–Trinajstić information content (AvgIpc) is 3.28. The van der Waals surface area contributed by atoms with Gasteiger partial charge in [0.05, 0.1) is 31.0 Å². The van der Waals surface area contributed by atoms with Gasteiger partial charge in [0.1, 0.15) is 11.6 Å². The van der Waals surface area contributed by atoms with Gasteiger partial charge in [-0.3, -0.25) is 0 Å². The second kappa shape index (κ2) is 11.4. The third-order valence-corrected chi connectivity index (χ3v) is 12.7. The number of methoxy groups -OCH3 is 1. The Kier molecular flexibility index (Phi) is 8.51. The summed E-state index contributed by atoms with van der Waals surface area (Å²) in [5, 5.41) is 30.9. The quantitative estimate of drug-likeness (QED) is 0.329. The van der Waals surface area contributed by atoms with E-state index < -0.39 is 29.9 Å². The molecule has 0 amide bonds. The summed E-state index contributed by atoms with van der Waals surface area (Å²) in [6.07, 6.45) is 5.18. The second-order valence-corrected chi connectivity index (χ2v) is 14.5. The molecule has 2 unspecified atom stereocenters. The van der Waals surface area contributed by atoms with E-state index in [2.05, 4.69) is 26.8 Å². The van der Waals surface area contributed by atoms with Gasteiger partial charge in [0, 0.05) is 24.7 Å². The molecule has 0 aliphatic heterocycles. The Labute approximate surface area is 243 Å². The number of ether oxygens (including phenoxy) is 1. The zero-order valence-electron chi connectivity index (χ0n) is 25.1. The predicted molar refractivity (Wildman–Crippen MR) is 152 cm³/mol. The third kappa shape index (κ3) is 5.09.